The number of hydrogen-bond acceptors (Lipinski definition) is 7. The molecule has 1 aromatic rings. The lowest BCUT2D eigenvalue weighted by Gasteiger charge is -2.29. The molecule has 3 rings (SSSR count). The number of likely N-dealkylation sites (N-methyl/N-ethyl adjacent to an activating group) is 1. The Kier molecular flexibility index (Phi) is 6.18. The van der Waals surface area contributed by atoms with Gasteiger partial charge in [-0.05, 0) is 31.5 Å². The zero-order valence-electron chi connectivity index (χ0n) is 15.3. The lowest BCUT2D eigenvalue weighted by molar-refractivity contribution is -0.127. The number of aromatic carboxylic acids is 1. The fourth-order valence-electron chi connectivity index (χ4n) is 3.42. The highest BCUT2D eigenvalue weighted by Crippen LogP contribution is 2.38. The molecule has 1 amide bonds. The molecule has 146 valence electrons. The zero-order chi connectivity index (χ0) is 19.6. The van der Waals surface area contributed by atoms with E-state index in [2.05, 4.69) is 5.32 Å². The molecule has 10 heteroatoms. The van der Waals surface area contributed by atoms with Crippen LogP contribution >= 0.6 is 11.8 Å². The van der Waals surface area contributed by atoms with Gasteiger partial charge in [-0.25, -0.2) is 4.79 Å². The second kappa shape index (κ2) is 8.41. The summed E-state index contributed by atoms with van der Waals surface area (Å²) in [5.41, 5.74) is 0.587. The van der Waals surface area contributed by atoms with Crippen molar-refractivity contribution in [1.82, 2.24) is 10.2 Å². The Morgan fingerprint density at radius 1 is 1.48 bits per heavy atom. The first-order valence-corrected chi connectivity index (χ1v) is 9.84. The molecule has 0 aromatic heterocycles. The molecule has 2 atom stereocenters. The molecule has 1 aromatic carbocycles. The van der Waals surface area contributed by atoms with E-state index in [1.54, 1.807) is 12.1 Å². The number of carboxylic acids is 1. The molecule has 2 aliphatic rings. The number of carbonyl (C=O) groups is 2. The number of ether oxygens (including phenoxy) is 1. The van der Waals surface area contributed by atoms with E-state index in [0.29, 0.717) is 24.6 Å². The number of fused-ring (bicyclic) bond motifs is 1. The third-order valence-electron chi connectivity index (χ3n) is 4.98. The molecule has 0 aliphatic carbocycles. The molecule has 27 heavy (non-hydrogen) atoms. The van der Waals surface area contributed by atoms with Crippen LogP contribution in [0, 0.1) is 0 Å². The van der Waals surface area contributed by atoms with Crippen LogP contribution in [0.1, 0.15) is 22.3 Å². The fraction of sp³-hybridized carbons (Fsp3) is 0.529. The minimum atomic E-state index is -1.19. The Morgan fingerprint density at radius 3 is 2.89 bits per heavy atom. The average molecular weight is 394 g/mol. The molecular weight excluding hydrogens is 371 g/mol. The molecule has 2 heterocycles. The summed E-state index contributed by atoms with van der Waals surface area (Å²) >= 11 is 1.33. The summed E-state index contributed by atoms with van der Waals surface area (Å²) < 4.78 is 10.6. The maximum atomic E-state index is 12.4. The molecule has 0 saturated carbocycles. The molecule has 0 bridgehead atoms. The first kappa shape index (κ1) is 19.8. The molecule has 1 fully saturated rings. The second-order valence-electron chi connectivity index (χ2n) is 6.61. The van der Waals surface area contributed by atoms with E-state index in [4.69, 9.17) is 9.39 Å². The molecule has 3 N–H and O–H groups in total. The summed E-state index contributed by atoms with van der Waals surface area (Å²) in [6, 6.07) is 3.65. The largest absolute Gasteiger partial charge is 0.536 e. The summed E-state index contributed by atoms with van der Waals surface area (Å²) in [6.07, 6.45) is 1.35. The number of benzene rings is 1. The van der Waals surface area contributed by atoms with Crippen molar-refractivity contribution in [1.29, 1.82) is 0 Å². The van der Waals surface area contributed by atoms with Crippen LogP contribution in [0.4, 0.5) is 0 Å². The van der Waals surface area contributed by atoms with Crippen LogP contribution in [-0.2, 0) is 11.2 Å². The maximum Gasteiger partial charge on any atom is 0.536 e. The number of thioether (sulfide) groups is 1. The Morgan fingerprint density at radius 2 is 2.26 bits per heavy atom. The minimum Gasteiger partial charge on any atom is -0.534 e. The molecule has 8 nitrogen and oxygen atoms in total. The summed E-state index contributed by atoms with van der Waals surface area (Å²) in [7, 11) is 2.08. The highest BCUT2D eigenvalue weighted by molar-refractivity contribution is 8.01. The number of hydrogen-bond donors (Lipinski definition) is 3. The summed E-state index contributed by atoms with van der Waals surface area (Å²) in [6.45, 7) is 1.43. The van der Waals surface area contributed by atoms with E-state index in [1.807, 2.05) is 11.9 Å². The predicted octanol–water partition coefficient (Wildman–Crippen LogP) is 0.270. The summed E-state index contributed by atoms with van der Waals surface area (Å²) in [5, 5.41) is 22.6. The molecule has 0 radical (unpaired) electrons. The van der Waals surface area contributed by atoms with E-state index >= 15 is 0 Å². The van der Waals surface area contributed by atoms with E-state index in [-0.39, 0.29) is 33.9 Å². The van der Waals surface area contributed by atoms with Gasteiger partial charge in [0.2, 0.25) is 5.91 Å². The van der Waals surface area contributed by atoms with Crippen LogP contribution in [0.25, 0.3) is 0 Å². The summed E-state index contributed by atoms with van der Waals surface area (Å²) in [5.74, 6) is -0.572. The standard InChI is InChI=1S/C17H23BN2O6S/c1-19-11-5-6-20(8-11)14(21)9-27-13-7-10-3-4-12(25-2)15(17(22)23)16(10)26-18(13)24/h3-4,11,13,19,24H,5-9H2,1-2H3,(H,22,23). The normalized spacial score (nSPS) is 21.6. The van der Waals surface area contributed by atoms with Crippen molar-refractivity contribution >= 4 is 30.8 Å². The molecular formula is C17H23BN2O6S. The molecule has 2 unspecified atom stereocenters. The Bertz CT molecular complexity index is 734. The number of nitrogens with one attached hydrogen (secondary N) is 1. The molecule has 2 aliphatic heterocycles. The zero-order valence-corrected chi connectivity index (χ0v) is 16.1. The van der Waals surface area contributed by atoms with E-state index in [1.165, 1.54) is 18.9 Å². The quantitative estimate of drug-likeness (QED) is 0.591. The lowest BCUT2D eigenvalue weighted by atomic mass is 9.77. The predicted molar refractivity (Wildman–Crippen MR) is 103 cm³/mol. The van der Waals surface area contributed by atoms with Gasteiger partial charge in [0, 0.05) is 19.1 Å². The maximum absolute atomic E-state index is 12.4. The van der Waals surface area contributed by atoms with Crippen molar-refractivity contribution in [2.24, 2.45) is 0 Å². The topological polar surface area (TPSA) is 108 Å². The average Bonchev–Trinajstić information content (AvgIpc) is 3.14. The van der Waals surface area contributed by atoms with E-state index < -0.39 is 13.1 Å². The van der Waals surface area contributed by atoms with Crippen LogP contribution in [0.3, 0.4) is 0 Å². The van der Waals surface area contributed by atoms with Crippen molar-refractivity contribution in [3.8, 4) is 11.5 Å². The monoisotopic (exact) mass is 394 g/mol. The van der Waals surface area contributed by atoms with E-state index in [0.717, 1.165) is 13.0 Å². The van der Waals surface area contributed by atoms with Crippen LogP contribution < -0.4 is 14.7 Å². The van der Waals surface area contributed by atoms with Crippen LogP contribution in [0.5, 0.6) is 11.5 Å². The van der Waals surface area contributed by atoms with Gasteiger partial charge in [-0.1, -0.05) is 6.07 Å². The van der Waals surface area contributed by atoms with Crippen LogP contribution in [0.2, 0.25) is 0 Å². The number of amides is 1. The van der Waals surface area contributed by atoms with Gasteiger partial charge in [0.05, 0.1) is 18.0 Å². The number of carbonyl (C=O) groups excluding carboxylic acids is 1. The van der Waals surface area contributed by atoms with Gasteiger partial charge in [-0.15, -0.1) is 11.8 Å². The Hall–Kier alpha value is -1.91. The van der Waals surface area contributed by atoms with Gasteiger partial charge >= 0.3 is 13.1 Å². The molecule has 1 saturated heterocycles. The number of carboxylic acid groups (broad SMARTS) is 1. The van der Waals surface area contributed by atoms with Crippen molar-refractivity contribution in [2.75, 3.05) is 33.0 Å². The van der Waals surface area contributed by atoms with Crippen molar-refractivity contribution in [3.05, 3.63) is 23.3 Å². The van der Waals surface area contributed by atoms with Gasteiger partial charge in [0.25, 0.3) is 0 Å². The second-order valence-corrected chi connectivity index (χ2v) is 7.84. The van der Waals surface area contributed by atoms with Crippen molar-refractivity contribution in [2.45, 2.75) is 24.0 Å². The number of rotatable bonds is 6. The minimum absolute atomic E-state index is 0.0386. The van der Waals surface area contributed by atoms with E-state index in [9.17, 15) is 19.7 Å². The number of nitrogens with zero attached hydrogens (tertiary/aromatic N) is 1. The lowest BCUT2D eigenvalue weighted by Crippen LogP contribution is -2.42. The summed E-state index contributed by atoms with van der Waals surface area (Å²) in [4.78, 5) is 25.8. The first-order valence-electron chi connectivity index (χ1n) is 8.79. The first-order chi connectivity index (χ1) is 12.9. The van der Waals surface area contributed by atoms with Gasteiger partial charge in [-0.3, -0.25) is 4.79 Å². The number of methoxy groups -OCH3 is 1. The third-order valence-corrected chi connectivity index (χ3v) is 6.22. The fourth-order valence-corrected chi connectivity index (χ4v) is 4.48. The van der Waals surface area contributed by atoms with Gasteiger partial charge in [0.15, 0.2) is 0 Å². The van der Waals surface area contributed by atoms with Gasteiger partial charge in [0.1, 0.15) is 17.1 Å². The number of likely N-dealkylation sites (tertiary alicyclic amines) is 1. The SMILES string of the molecule is CNC1CCN(C(=O)CSC2Cc3ccc(OC)c(C(=O)O)c3OB2O)C1. The van der Waals surface area contributed by atoms with Crippen molar-refractivity contribution in [3.63, 3.8) is 0 Å². The smallest absolute Gasteiger partial charge is 0.534 e. The van der Waals surface area contributed by atoms with Crippen LogP contribution in [-0.4, -0.2) is 78.2 Å². The highest BCUT2D eigenvalue weighted by atomic mass is 32.2. The van der Waals surface area contributed by atoms with Crippen molar-refractivity contribution < 1.29 is 29.1 Å². The highest BCUT2D eigenvalue weighted by Gasteiger charge is 2.39. The van der Waals surface area contributed by atoms with Gasteiger partial charge in [-0.2, -0.15) is 0 Å². The third kappa shape index (κ3) is 4.17. The van der Waals surface area contributed by atoms with Gasteiger partial charge < -0.3 is 29.7 Å². The Labute approximate surface area is 162 Å². The molecule has 0 spiro atoms. The Balaban J connectivity index is 1.66. The van der Waals surface area contributed by atoms with Crippen LogP contribution in [0.15, 0.2) is 12.1 Å².